The first-order chi connectivity index (χ1) is 8.78. The van der Waals surface area contributed by atoms with Crippen LogP contribution in [0.4, 0.5) is 0 Å². The quantitative estimate of drug-likeness (QED) is 0.822. The maximum absolute atomic E-state index is 10.2. The van der Waals surface area contributed by atoms with E-state index in [1.54, 1.807) is 0 Å². The van der Waals surface area contributed by atoms with Gasteiger partial charge in [0.15, 0.2) is 0 Å². The first-order valence-corrected chi connectivity index (χ1v) is 7.61. The largest absolute Gasteiger partial charge is 0.388 e. The molecule has 0 amide bonds. The van der Waals surface area contributed by atoms with E-state index in [1.807, 2.05) is 0 Å². The van der Waals surface area contributed by atoms with Crippen LogP contribution in [0.5, 0.6) is 0 Å². The Morgan fingerprint density at radius 2 is 1.63 bits per heavy atom. The van der Waals surface area contributed by atoms with Gasteiger partial charge in [0.25, 0.3) is 0 Å². The zero-order valence-electron chi connectivity index (χ0n) is 13.1. The fourth-order valence-corrected chi connectivity index (χ4v) is 3.25. The van der Waals surface area contributed by atoms with E-state index in [1.165, 1.54) is 24.0 Å². The molecule has 2 rings (SSSR count). The minimum absolute atomic E-state index is 0.229. The molecule has 1 aliphatic carbocycles. The molecule has 0 spiro atoms. The van der Waals surface area contributed by atoms with Crippen LogP contribution in [0.25, 0.3) is 0 Å². The molecule has 19 heavy (non-hydrogen) atoms. The van der Waals surface area contributed by atoms with E-state index in [-0.39, 0.29) is 16.9 Å². The number of fused-ring (bicyclic) bond motifs is 1. The number of benzene rings is 1. The third kappa shape index (κ3) is 2.72. The van der Waals surface area contributed by atoms with Gasteiger partial charge in [-0.25, -0.2) is 0 Å². The Morgan fingerprint density at radius 1 is 1.05 bits per heavy atom. The molecule has 1 aromatic rings. The van der Waals surface area contributed by atoms with Crippen molar-refractivity contribution in [3.63, 3.8) is 0 Å². The zero-order valence-corrected chi connectivity index (χ0v) is 13.1. The van der Waals surface area contributed by atoms with Crippen molar-refractivity contribution in [1.29, 1.82) is 0 Å². The monoisotopic (exact) mass is 260 g/mol. The van der Waals surface area contributed by atoms with Crippen LogP contribution in [-0.4, -0.2) is 5.11 Å². The van der Waals surface area contributed by atoms with Crippen LogP contribution >= 0.6 is 0 Å². The molecule has 0 radical (unpaired) electrons. The second kappa shape index (κ2) is 4.94. The summed E-state index contributed by atoms with van der Waals surface area (Å²) in [5, 5.41) is 10.2. The highest BCUT2D eigenvalue weighted by atomic mass is 16.3. The van der Waals surface area contributed by atoms with Crippen molar-refractivity contribution < 1.29 is 5.11 Å². The lowest BCUT2D eigenvalue weighted by Crippen LogP contribution is -2.34. The Kier molecular flexibility index (Phi) is 3.79. The van der Waals surface area contributed by atoms with Crippen molar-refractivity contribution in [2.45, 2.75) is 77.2 Å². The molecule has 0 saturated carbocycles. The normalized spacial score (nSPS) is 21.8. The van der Waals surface area contributed by atoms with Crippen LogP contribution in [0.1, 0.15) is 83.1 Å². The van der Waals surface area contributed by atoms with Crippen molar-refractivity contribution >= 4 is 0 Å². The highest BCUT2D eigenvalue weighted by Gasteiger charge is 2.37. The van der Waals surface area contributed by atoms with Gasteiger partial charge in [-0.15, -0.1) is 0 Å². The lowest BCUT2D eigenvalue weighted by atomic mass is 9.63. The van der Waals surface area contributed by atoms with Gasteiger partial charge in [0.1, 0.15) is 0 Å². The lowest BCUT2D eigenvalue weighted by molar-refractivity contribution is 0.166. The van der Waals surface area contributed by atoms with Gasteiger partial charge in [0, 0.05) is 0 Å². The Labute approximate surface area is 118 Å². The molecule has 1 heteroatoms. The highest BCUT2D eigenvalue weighted by molar-refractivity contribution is 5.44. The predicted octanol–water partition coefficient (Wildman–Crippen LogP) is 4.87. The molecule has 1 unspecified atom stereocenters. The number of hydrogen-bond donors (Lipinski definition) is 1. The Balaban J connectivity index is 2.47. The molecular formula is C18H28O. The molecule has 1 nitrogen and oxygen atoms in total. The van der Waals surface area contributed by atoms with Gasteiger partial charge in [-0.1, -0.05) is 59.2 Å². The van der Waals surface area contributed by atoms with E-state index in [0.717, 1.165) is 18.4 Å². The van der Waals surface area contributed by atoms with Crippen LogP contribution in [0, 0.1) is 0 Å². The fraction of sp³-hybridized carbons (Fsp3) is 0.667. The zero-order chi connectivity index (χ0) is 14.3. The molecule has 106 valence electrons. The van der Waals surface area contributed by atoms with Gasteiger partial charge >= 0.3 is 0 Å². The summed E-state index contributed by atoms with van der Waals surface area (Å²) in [6, 6.07) is 6.64. The molecule has 1 N–H and O–H groups in total. The van der Waals surface area contributed by atoms with Crippen molar-refractivity contribution in [2.24, 2.45) is 0 Å². The average Bonchev–Trinajstić information content (AvgIpc) is 2.35. The summed E-state index contributed by atoms with van der Waals surface area (Å²) in [6.45, 7) is 11.5. The summed E-state index contributed by atoms with van der Waals surface area (Å²) in [5.74, 6) is 0. The summed E-state index contributed by atoms with van der Waals surface area (Å²) in [7, 11) is 0. The molecule has 0 bridgehead atoms. The Bertz CT molecular complexity index is 457. The van der Waals surface area contributed by atoms with Gasteiger partial charge in [-0.05, 0) is 46.8 Å². The van der Waals surface area contributed by atoms with E-state index < -0.39 is 0 Å². The number of hydrogen-bond acceptors (Lipinski definition) is 1. The van der Waals surface area contributed by atoms with E-state index in [9.17, 15) is 5.11 Å². The molecule has 1 aromatic carbocycles. The number of rotatable bonds is 3. The van der Waals surface area contributed by atoms with Crippen LogP contribution < -0.4 is 0 Å². The van der Waals surface area contributed by atoms with Crippen molar-refractivity contribution in [2.75, 3.05) is 0 Å². The van der Waals surface area contributed by atoms with Crippen molar-refractivity contribution in [3.05, 3.63) is 34.9 Å². The van der Waals surface area contributed by atoms with Gasteiger partial charge < -0.3 is 5.11 Å². The third-order valence-electron chi connectivity index (χ3n) is 4.82. The van der Waals surface area contributed by atoms with E-state index >= 15 is 0 Å². The summed E-state index contributed by atoms with van der Waals surface area (Å²) in [6.07, 6.45) is 4.02. The van der Waals surface area contributed by atoms with Gasteiger partial charge in [0.05, 0.1) is 6.10 Å². The molecule has 0 heterocycles. The SMILES string of the molecule is CCCC(O)c1ccc2c(c1)C(C)(C)CCC2(C)C. The second-order valence-corrected chi connectivity index (χ2v) is 7.38. The maximum Gasteiger partial charge on any atom is 0.0790 e. The summed E-state index contributed by atoms with van der Waals surface area (Å²) in [4.78, 5) is 0. The Morgan fingerprint density at radius 3 is 2.21 bits per heavy atom. The van der Waals surface area contributed by atoms with E-state index in [4.69, 9.17) is 0 Å². The van der Waals surface area contributed by atoms with E-state index in [0.29, 0.717) is 0 Å². The van der Waals surface area contributed by atoms with Crippen LogP contribution in [0.15, 0.2) is 18.2 Å². The van der Waals surface area contributed by atoms with Crippen LogP contribution in [0.3, 0.4) is 0 Å². The topological polar surface area (TPSA) is 20.2 Å². The van der Waals surface area contributed by atoms with E-state index in [2.05, 4.69) is 52.8 Å². The summed E-state index contributed by atoms with van der Waals surface area (Å²) >= 11 is 0. The third-order valence-corrected chi connectivity index (χ3v) is 4.82. The number of aliphatic hydroxyl groups is 1. The van der Waals surface area contributed by atoms with Gasteiger partial charge in [-0.2, -0.15) is 0 Å². The van der Waals surface area contributed by atoms with Crippen LogP contribution in [-0.2, 0) is 10.8 Å². The van der Waals surface area contributed by atoms with Crippen molar-refractivity contribution in [1.82, 2.24) is 0 Å². The molecule has 0 aromatic heterocycles. The molecule has 1 atom stereocenters. The molecule has 0 aliphatic heterocycles. The standard InChI is InChI=1S/C18H28O/c1-6-7-16(19)13-8-9-14-15(12-13)18(4,5)11-10-17(14,2)3/h8-9,12,16,19H,6-7,10-11H2,1-5H3. The predicted molar refractivity (Wildman–Crippen MR) is 81.6 cm³/mol. The minimum atomic E-state index is -0.309. The van der Waals surface area contributed by atoms with Gasteiger partial charge in [-0.3, -0.25) is 0 Å². The summed E-state index contributed by atoms with van der Waals surface area (Å²) in [5.41, 5.74) is 4.49. The molecule has 1 aliphatic rings. The minimum Gasteiger partial charge on any atom is -0.388 e. The maximum atomic E-state index is 10.2. The second-order valence-electron chi connectivity index (χ2n) is 7.38. The molecular weight excluding hydrogens is 232 g/mol. The van der Waals surface area contributed by atoms with Gasteiger partial charge in [0.2, 0.25) is 0 Å². The first kappa shape index (κ1) is 14.6. The van der Waals surface area contributed by atoms with Crippen molar-refractivity contribution in [3.8, 4) is 0 Å². The summed E-state index contributed by atoms with van der Waals surface area (Å²) < 4.78 is 0. The fourth-order valence-electron chi connectivity index (χ4n) is 3.25. The number of aliphatic hydroxyl groups excluding tert-OH is 1. The molecule has 0 saturated heterocycles. The molecule has 0 fully saturated rings. The first-order valence-electron chi connectivity index (χ1n) is 7.61. The smallest absolute Gasteiger partial charge is 0.0790 e. The Hall–Kier alpha value is -0.820. The average molecular weight is 260 g/mol. The van der Waals surface area contributed by atoms with Crippen LogP contribution in [0.2, 0.25) is 0 Å². The highest BCUT2D eigenvalue weighted by Crippen LogP contribution is 2.46. The lowest BCUT2D eigenvalue weighted by Gasteiger charge is -2.42.